The van der Waals surface area contributed by atoms with Gasteiger partial charge in [-0.15, -0.1) is 0 Å². The molecule has 2 unspecified atom stereocenters. The van der Waals surface area contributed by atoms with Crippen LogP contribution in [0.25, 0.3) is 0 Å². The third kappa shape index (κ3) is 2.41. The monoisotopic (exact) mass is 226 g/mol. The minimum Gasteiger partial charge on any atom is -0.375 e. The SMILES string of the molecule is CC(CN)N(C)C1CCOC2(CCCC2)C1. The van der Waals surface area contributed by atoms with E-state index in [0.29, 0.717) is 12.1 Å². The lowest BCUT2D eigenvalue weighted by Gasteiger charge is -2.43. The van der Waals surface area contributed by atoms with Crippen LogP contribution in [0.5, 0.6) is 0 Å². The Morgan fingerprint density at radius 1 is 1.44 bits per heavy atom. The van der Waals surface area contributed by atoms with Gasteiger partial charge >= 0.3 is 0 Å². The van der Waals surface area contributed by atoms with Gasteiger partial charge in [0.25, 0.3) is 0 Å². The minimum atomic E-state index is 0.228. The molecule has 2 N–H and O–H groups in total. The molecule has 0 radical (unpaired) electrons. The van der Waals surface area contributed by atoms with Gasteiger partial charge < -0.3 is 10.5 Å². The Bertz CT molecular complexity index is 226. The second kappa shape index (κ2) is 5.03. The van der Waals surface area contributed by atoms with E-state index in [1.165, 1.54) is 38.5 Å². The summed E-state index contributed by atoms with van der Waals surface area (Å²) in [6.45, 7) is 3.91. The van der Waals surface area contributed by atoms with Crippen molar-refractivity contribution in [1.82, 2.24) is 4.90 Å². The van der Waals surface area contributed by atoms with E-state index < -0.39 is 0 Å². The Morgan fingerprint density at radius 2 is 2.12 bits per heavy atom. The van der Waals surface area contributed by atoms with Crippen molar-refractivity contribution in [2.75, 3.05) is 20.2 Å². The summed E-state index contributed by atoms with van der Waals surface area (Å²) in [5, 5.41) is 0. The van der Waals surface area contributed by atoms with Gasteiger partial charge in [-0.2, -0.15) is 0 Å². The molecule has 1 aliphatic carbocycles. The van der Waals surface area contributed by atoms with Crippen LogP contribution in [-0.4, -0.2) is 42.8 Å². The Labute approximate surface area is 99.3 Å². The lowest BCUT2D eigenvalue weighted by Crippen LogP contribution is -2.50. The molecule has 1 heterocycles. The van der Waals surface area contributed by atoms with Crippen LogP contribution in [0.15, 0.2) is 0 Å². The first kappa shape index (κ1) is 12.3. The zero-order chi connectivity index (χ0) is 11.6. The van der Waals surface area contributed by atoms with E-state index in [1.54, 1.807) is 0 Å². The van der Waals surface area contributed by atoms with Crippen LogP contribution in [0.3, 0.4) is 0 Å². The van der Waals surface area contributed by atoms with Crippen molar-refractivity contribution in [2.45, 2.75) is 63.1 Å². The molecule has 2 atom stereocenters. The van der Waals surface area contributed by atoms with Crippen molar-refractivity contribution in [2.24, 2.45) is 5.73 Å². The highest BCUT2D eigenvalue weighted by Crippen LogP contribution is 2.41. The van der Waals surface area contributed by atoms with E-state index in [-0.39, 0.29) is 5.60 Å². The molecule has 3 nitrogen and oxygen atoms in total. The Balaban J connectivity index is 1.95. The first-order valence-corrected chi connectivity index (χ1v) is 6.73. The van der Waals surface area contributed by atoms with E-state index in [4.69, 9.17) is 10.5 Å². The molecule has 0 amide bonds. The Morgan fingerprint density at radius 3 is 2.75 bits per heavy atom. The van der Waals surface area contributed by atoms with Crippen molar-refractivity contribution in [3.05, 3.63) is 0 Å². The smallest absolute Gasteiger partial charge is 0.0697 e. The first-order valence-electron chi connectivity index (χ1n) is 6.73. The molecule has 0 aromatic carbocycles. The molecule has 2 aliphatic rings. The summed E-state index contributed by atoms with van der Waals surface area (Å²) in [7, 11) is 2.22. The van der Waals surface area contributed by atoms with Gasteiger partial charge in [-0.25, -0.2) is 0 Å². The number of ether oxygens (including phenoxy) is 1. The molecule has 1 saturated heterocycles. The lowest BCUT2D eigenvalue weighted by molar-refractivity contribution is -0.102. The molecule has 0 aromatic heterocycles. The summed E-state index contributed by atoms with van der Waals surface area (Å²) in [4.78, 5) is 2.46. The highest BCUT2D eigenvalue weighted by molar-refractivity contribution is 4.94. The lowest BCUT2D eigenvalue weighted by atomic mass is 9.88. The predicted octanol–water partition coefficient (Wildman–Crippen LogP) is 1.76. The fraction of sp³-hybridized carbons (Fsp3) is 1.00. The maximum atomic E-state index is 6.06. The molecule has 1 spiro atoms. The van der Waals surface area contributed by atoms with Crippen LogP contribution >= 0.6 is 0 Å². The van der Waals surface area contributed by atoms with Crippen molar-refractivity contribution < 1.29 is 4.74 Å². The normalized spacial score (nSPS) is 31.1. The van der Waals surface area contributed by atoms with Crippen molar-refractivity contribution >= 4 is 0 Å². The highest BCUT2D eigenvalue weighted by atomic mass is 16.5. The molecule has 3 heteroatoms. The Hall–Kier alpha value is -0.120. The average Bonchev–Trinajstić information content (AvgIpc) is 2.75. The fourth-order valence-electron chi connectivity index (χ4n) is 3.24. The summed E-state index contributed by atoms with van der Waals surface area (Å²) in [5.41, 5.74) is 5.98. The van der Waals surface area contributed by atoms with Crippen LogP contribution in [0, 0.1) is 0 Å². The number of hydrogen-bond donors (Lipinski definition) is 1. The molecule has 2 fully saturated rings. The van der Waals surface area contributed by atoms with Gasteiger partial charge in [-0.3, -0.25) is 4.90 Å². The zero-order valence-corrected chi connectivity index (χ0v) is 10.7. The molecular formula is C13H26N2O. The molecule has 2 rings (SSSR count). The number of nitrogens with zero attached hydrogens (tertiary/aromatic N) is 1. The van der Waals surface area contributed by atoms with Gasteiger partial charge in [0.15, 0.2) is 0 Å². The molecule has 1 saturated carbocycles. The second-order valence-corrected chi connectivity index (χ2v) is 5.64. The van der Waals surface area contributed by atoms with Crippen molar-refractivity contribution in [3.8, 4) is 0 Å². The van der Waals surface area contributed by atoms with Gasteiger partial charge in [0, 0.05) is 25.2 Å². The van der Waals surface area contributed by atoms with Crippen molar-refractivity contribution in [1.29, 1.82) is 0 Å². The summed E-state index contributed by atoms with van der Waals surface area (Å²) >= 11 is 0. The van der Waals surface area contributed by atoms with E-state index in [9.17, 15) is 0 Å². The zero-order valence-electron chi connectivity index (χ0n) is 10.7. The van der Waals surface area contributed by atoms with Gasteiger partial charge in [-0.05, 0) is 39.7 Å². The molecule has 0 bridgehead atoms. The van der Waals surface area contributed by atoms with Crippen LogP contribution in [0.4, 0.5) is 0 Å². The highest BCUT2D eigenvalue weighted by Gasteiger charge is 2.41. The summed E-state index contributed by atoms with van der Waals surface area (Å²) in [6, 6.07) is 1.16. The van der Waals surface area contributed by atoms with Crippen LogP contribution in [0.2, 0.25) is 0 Å². The molecule has 16 heavy (non-hydrogen) atoms. The topological polar surface area (TPSA) is 38.5 Å². The van der Waals surface area contributed by atoms with Crippen LogP contribution in [0.1, 0.15) is 45.4 Å². The number of nitrogens with two attached hydrogens (primary N) is 1. The number of likely N-dealkylation sites (N-methyl/N-ethyl adjacent to an activating group) is 1. The first-order chi connectivity index (χ1) is 7.67. The third-order valence-corrected chi connectivity index (χ3v) is 4.59. The summed E-state index contributed by atoms with van der Waals surface area (Å²) in [5.74, 6) is 0. The van der Waals surface area contributed by atoms with Gasteiger partial charge in [0.05, 0.1) is 5.60 Å². The predicted molar refractivity (Wildman–Crippen MR) is 66.5 cm³/mol. The maximum absolute atomic E-state index is 6.06. The van der Waals surface area contributed by atoms with E-state index >= 15 is 0 Å². The fourth-order valence-corrected chi connectivity index (χ4v) is 3.24. The number of hydrogen-bond acceptors (Lipinski definition) is 3. The largest absolute Gasteiger partial charge is 0.375 e. The quantitative estimate of drug-likeness (QED) is 0.797. The molecule has 94 valence electrons. The average molecular weight is 226 g/mol. The van der Waals surface area contributed by atoms with E-state index in [1.807, 2.05) is 0 Å². The molecule has 0 aromatic rings. The van der Waals surface area contributed by atoms with Gasteiger partial charge in [0.2, 0.25) is 0 Å². The minimum absolute atomic E-state index is 0.228. The summed E-state index contributed by atoms with van der Waals surface area (Å²) < 4.78 is 6.06. The maximum Gasteiger partial charge on any atom is 0.0697 e. The number of rotatable bonds is 3. The third-order valence-electron chi connectivity index (χ3n) is 4.59. The van der Waals surface area contributed by atoms with E-state index in [2.05, 4.69) is 18.9 Å². The molecule has 1 aliphatic heterocycles. The molecular weight excluding hydrogens is 200 g/mol. The van der Waals surface area contributed by atoms with Gasteiger partial charge in [-0.1, -0.05) is 12.8 Å². The van der Waals surface area contributed by atoms with Crippen LogP contribution in [-0.2, 0) is 4.74 Å². The van der Waals surface area contributed by atoms with Crippen LogP contribution < -0.4 is 5.73 Å². The summed E-state index contributed by atoms with van der Waals surface area (Å²) in [6.07, 6.45) is 7.63. The van der Waals surface area contributed by atoms with Crippen molar-refractivity contribution in [3.63, 3.8) is 0 Å². The second-order valence-electron chi connectivity index (χ2n) is 5.64. The Kier molecular flexibility index (Phi) is 3.88. The standard InChI is InChI=1S/C13H26N2O/c1-11(10-14)15(2)12-5-8-16-13(9-12)6-3-4-7-13/h11-12H,3-10,14H2,1-2H3. The van der Waals surface area contributed by atoms with Gasteiger partial charge in [0.1, 0.15) is 0 Å². The van der Waals surface area contributed by atoms with E-state index in [0.717, 1.165) is 13.2 Å².